The third-order valence-electron chi connectivity index (χ3n) is 6.04. The van der Waals surface area contributed by atoms with E-state index in [0.717, 1.165) is 27.5 Å². The van der Waals surface area contributed by atoms with Crippen molar-refractivity contribution >= 4 is 30.0 Å². The van der Waals surface area contributed by atoms with Crippen LogP contribution in [0.25, 0.3) is 11.8 Å². The molecule has 3 heterocycles. The molecular formula is C27H27N3O8. The summed E-state index contributed by atoms with van der Waals surface area (Å²) in [6, 6.07) is 11.5. The summed E-state index contributed by atoms with van der Waals surface area (Å²) in [5, 5.41) is 2.60. The van der Waals surface area contributed by atoms with E-state index < -0.39 is 30.0 Å². The van der Waals surface area contributed by atoms with E-state index in [4.69, 9.17) is 9.15 Å². The fourth-order valence-electron chi connectivity index (χ4n) is 4.12. The molecule has 1 saturated heterocycles. The predicted octanol–water partition coefficient (Wildman–Crippen LogP) is 3.51. The molecule has 0 radical (unpaired) electrons. The quantitative estimate of drug-likeness (QED) is 0.271. The van der Waals surface area contributed by atoms with Gasteiger partial charge in [0, 0.05) is 17.1 Å². The zero-order valence-corrected chi connectivity index (χ0v) is 21.6. The van der Waals surface area contributed by atoms with E-state index in [0.29, 0.717) is 5.75 Å². The average molecular weight is 522 g/mol. The number of hydrogen-bond donors (Lipinski definition) is 1. The second kappa shape index (κ2) is 10.7. The van der Waals surface area contributed by atoms with Gasteiger partial charge in [0.2, 0.25) is 5.76 Å². The van der Waals surface area contributed by atoms with Crippen LogP contribution < -0.4 is 10.1 Å². The van der Waals surface area contributed by atoms with Gasteiger partial charge in [0.25, 0.3) is 5.91 Å². The van der Waals surface area contributed by atoms with Crippen LogP contribution in [-0.4, -0.2) is 53.7 Å². The first-order valence-corrected chi connectivity index (χ1v) is 11.7. The number of imide groups is 1. The molecule has 11 nitrogen and oxygen atoms in total. The first-order valence-electron chi connectivity index (χ1n) is 11.7. The van der Waals surface area contributed by atoms with Crippen molar-refractivity contribution in [3.05, 3.63) is 76.6 Å². The number of ether oxygens (including phenoxy) is 3. The number of hydrogen-bond acceptors (Lipinski definition) is 8. The van der Waals surface area contributed by atoms with E-state index in [1.165, 1.54) is 26.4 Å². The van der Waals surface area contributed by atoms with Crippen LogP contribution in [0.5, 0.6) is 5.75 Å². The topological polar surface area (TPSA) is 129 Å². The van der Waals surface area contributed by atoms with Crippen LogP contribution in [-0.2, 0) is 25.6 Å². The molecule has 1 atom stereocenters. The molecular weight excluding hydrogens is 494 g/mol. The van der Waals surface area contributed by atoms with Crippen LogP contribution in [0.3, 0.4) is 0 Å². The van der Waals surface area contributed by atoms with Crippen LogP contribution in [0.1, 0.15) is 40.2 Å². The predicted molar refractivity (Wildman–Crippen MR) is 134 cm³/mol. The molecule has 1 N–H and O–H groups in total. The maximum Gasteiger partial charge on any atom is 0.373 e. The standard InChI is InChI=1S/C27H27N3O8/c1-15-12-18(16(2)30(15)19-6-8-20(9-7-19)37-17(3)25(32)35-4)13-22-24(31)29(27(34)28-22)14-21-10-11-23(38-21)26(33)36-5/h6-13,17H,14H2,1-5H3,(H,28,34)/b22-13-/t17-/m1/s1. The summed E-state index contributed by atoms with van der Waals surface area (Å²) in [6.07, 6.45) is 0.886. The zero-order chi connectivity index (χ0) is 27.6. The molecule has 0 saturated carbocycles. The first kappa shape index (κ1) is 26.3. The van der Waals surface area contributed by atoms with Gasteiger partial charge in [-0.2, -0.15) is 0 Å². The Hall–Kier alpha value is -4.80. The molecule has 1 aliphatic heterocycles. The van der Waals surface area contributed by atoms with Gasteiger partial charge in [-0.05, 0) is 74.9 Å². The number of carbonyl (C=O) groups is 4. The molecule has 3 amide bonds. The Morgan fingerprint density at radius 2 is 1.76 bits per heavy atom. The second-order valence-corrected chi connectivity index (χ2v) is 8.58. The fraction of sp³-hybridized carbons (Fsp3) is 0.259. The van der Waals surface area contributed by atoms with Crippen molar-refractivity contribution in [2.75, 3.05) is 14.2 Å². The SMILES string of the molecule is COC(=O)c1ccc(CN2C(=O)N/C(=C\c3cc(C)n(-c4ccc(O[C@H](C)C(=O)OC)cc4)c3C)C2=O)o1. The van der Waals surface area contributed by atoms with Gasteiger partial charge in [0.15, 0.2) is 6.10 Å². The van der Waals surface area contributed by atoms with Crippen LogP contribution in [0.15, 0.2) is 52.6 Å². The van der Waals surface area contributed by atoms with Crippen LogP contribution in [0.2, 0.25) is 0 Å². The van der Waals surface area contributed by atoms with Gasteiger partial charge in [0.05, 0.1) is 20.8 Å². The summed E-state index contributed by atoms with van der Waals surface area (Å²) in [5.41, 5.74) is 3.48. The normalized spacial score (nSPS) is 15.0. The number of aryl methyl sites for hydroxylation is 1. The van der Waals surface area contributed by atoms with E-state index in [-0.39, 0.29) is 23.8 Å². The number of amides is 3. The number of carbonyl (C=O) groups excluding carboxylic acids is 4. The Morgan fingerprint density at radius 1 is 1.05 bits per heavy atom. The van der Waals surface area contributed by atoms with Crippen LogP contribution in [0, 0.1) is 13.8 Å². The van der Waals surface area contributed by atoms with Crippen molar-refractivity contribution in [1.82, 2.24) is 14.8 Å². The van der Waals surface area contributed by atoms with E-state index in [9.17, 15) is 19.2 Å². The minimum absolute atomic E-state index is 0.0182. The summed E-state index contributed by atoms with van der Waals surface area (Å²) < 4.78 is 22.3. The molecule has 1 aliphatic rings. The molecule has 0 bridgehead atoms. The highest BCUT2D eigenvalue weighted by molar-refractivity contribution is 6.14. The third-order valence-corrected chi connectivity index (χ3v) is 6.04. The lowest BCUT2D eigenvalue weighted by molar-refractivity contribution is -0.147. The Morgan fingerprint density at radius 3 is 2.42 bits per heavy atom. The third kappa shape index (κ3) is 5.17. The number of rotatable bonds is 8. The molecule has 11 heteroatoms. The number of methoxy groups -OCH3 is 2. The lowest BCUT2D eigenvalue weighted by Gasteiger charge is -2.14. The summed E-state index contributed by atoms with van der Waals surface area (Å²) in [4.78, 5) is 49.7. The highest BCUT2D eigenvalue weighted by atomic mass is 16.6. The largest absolute Gasteiger partial charge is 0.479 e. The minimum atomic E-state index is -0.736. The number of urea groups is 1. The maximum absolute atomic E-state index is 13.0. The van der Waals surface area contributed by atoms with Crippen molar-refractivity contribution in [2.45, 2.75) is 33.4 Å². The van der Waals surface area contributed by atoms with Crippen molar-refractivity contribution in [2.24, 2.45) is 0 Å². The van der Waals surface area contributed by atoms with Crippen molar-refractivity contribution < 1.29 is 37.8 Å². The average Bonchev–Trinajstić information content (AvgIpc) is 3.56. The Kier molecular flexibility index (Phi) is 7.38. The van der Waals surface area contributed by atoms with Crippen LogP contribution >= 0.6 is 0 Å². The van der Waals surface area contributed by atoms with Gasteiger partial charge in [0.1, 0.15) is 17.2 Å². The molecule has 1 aromatic carbocycles. The van der Waals surface area contributed by atoms with E-state index in [1.54, 1.807) is 25.1 Å². The Bertz CT molecular complexity index is 1430. The minimum Gasteiger partial charge on any atom is -0.479 e. The highest BCUT2D eigenvalue weighted by Crippen LogP contribution is 2.26. The Labute approximate surface area is 218 Å². The number of esters is 2. The first-order chi connectivity index (χ1) is 18.1. The number of aromatic nitrogens is 1. The van der Waals surface area contributed by atoms with Gasteiger partial charge in [-0.3, -0.25) is 9.69 Å². The van der Waals surface area contributed by atoms with Gasteiger partial charge in [-0.15, -0.1) is 0 Å². The molecule has 1 fully saturated rings. The Balaban J connectivity index is 1.52. The smallest absolute Gasteiger partial charge is 0.373 e. The van der Waals surface area contributed by atoms with E-state index in [1.807, 2.05) is 36.6 Å². The van der Waals surface area contributed by atoms with Crippen molar-refractivity contribution in [3.8, 4) is 11.4 Å². The van der Waals surface area contributed by atoms with Gasteiger partial charge in [-0.1, -0.05) is 0 Å². The van der Waals surface area contributed by atoms with Gasteiger partial charge < -0.3 is 28.5 Å². The number of furan rings is 1. The lowest BCUT2D eigenvalue weighted by Crippen LogP contribution is -2.30. The van der Waals surface area contributed by atoms with Gasteiger partial charge in [-0.25, -0.2) is 14.4 Å². The van der Waals surface area contributed by atoms with Crippen LogP contribution in [0.4, 0.5) is 4.79 Å². The highest BCUT2D eigenvalue weighted by Gasteiger charge is 2.34. The second-order valence-electron chi connectivity index (χ2n) is 8.58. The maximum atomic E-state index is 13.0. The number of benzene rings is 1. The summed E-state index contributed by atoms with van der Waals surface area (Å²) in [5.74, 6) is -0.867. The molecule has 38 heavy (non-hydrogen) atoms. The van der Waals surface area contributed by atoms with E-state index >= 15 is 0 Å². The molecule has 4 rings (SSSR count). The summed E-state index contributed by atoms with van der Waals surface area (Å²) in [7, 11) is 2.53. The zero-order valence-electron chi connectivity index (χ0n) is 21.6. The molecule has 0 spiro atoms. The lowest BCUT2D eigenvalue weighted by atomic mass is 10.2. The molecule has 198 valence electrons. The summed E-state index contributed by atoms with van der Waals surface area (Å²) in [6.45, 7) is 5.30. The molecule has 0 aliphatic carbocycles. The van der Waals surface area contributed by atoms with E-state index in [2.05, 4.69) is 14.8 Å². The number of nitrogens with zero attached hydrogens (tertiary/aromatic N) is 2. The molecule has 3 aromatic rings. The molecule has 0 unspecified atom stereocenters. The fourth-order valence-corrected chi connectivity index (χ4v) is 4.12. The van der Waals surface area contributed by atoms with Crippen molar-refractivity contribution in [1.29, 1.82) is 0 Å². The molecule has 2 aromatic heterocycles. The monoisotopic (exact) mass is 521 g/mol. The van der Waals surface area contributed by atoms with Crippen molar-refractivity contribution in [3.63, 3.8) is 0 Å². The van der Waals surface area contributed by atoms with Gasteiger partial charge >= 0.3 is 18.0 Å². The summed E-state index contributed by atoms with van der Waals surface area (Å²) >= 11 is 0. The number of nitrogens with one attached hydrogen (secondary N) is 1.